The van der Waals surface area contributed by atoms with E-state index in [0.717, 1.165) is 11.0 Å². The van der Waals surface area contributed by atoms with Crippen LogP contribution in [0.5, 0.6) is 0 Å². The second kappa shape index (κ2) is 12.5. The van der Waals surface area contributed by atoms with E-state index in [1.807, 2.05) is 6.26 Å². The molecule has 0 N–H and O–H groups in total. The predicted molar refractivity (Wildman–Crippen MR) is 258 cm³/mol. The molecule has 4 heteroatoms. The molecule has 3 heterocycles. The van der Waals surface area contributed by atoms with Gasteiger partial charge >= 0.3 is 6.85 Å². The zero-order valence-corrected chi connectivity index (χ0v) is 38.9. The van der Waals surface area contributed by atoms with Crippen LogP contribution >= 0.6 is 0 Å². The Morgan fingerprint density at radius 1 is 0.517 bits per heavy atom. The first-order valence-electron chi connectivity index (χ1n) is 22.7. The summed E-state index contributed by atoms with van der Waals surface area (Å²) in [5.41, 5.74) is 21.3. The molecule has 3 nitrogen and oxygen atoms in total. The molecule has 0 unspecified atom stereocenters. The van der Waals surface area contributed by atoms with Crippen molar-refractivity contribution >= 4 is 57.2 Å². The predicted octanol–water partition coefficient (Wildman–Crippen LogP) is 14.4. The molecule has 0 saturated heterocycles. The van der Waals surface area contributed by atoms with E-state index in [-0.39, 0.29) is 39.3 Å². The zero-order chi connectivity index (χ0) is 42.7. The third kappa shape index (κ3) is 5.75. The fourth-order valence-electron chi connectivity index (χ4n) is 11.4. The standard InChI is InChI=1S/C56H65BN2O/c1-51(2,3)35-15-18-37(19-16-35)59-45-22-17-36(52(4,5)6)30-39(45)48-49-47(29-34-23-28-60-50(34)48)58(38-20-21-40-41(31-38)54(9,10)25-24-53(40,7)8)46-33-43-42(32-44(46)57(49)59)55(11,12)26-27-56(43,13)14/h15-23,28-33H,24-27H2,1-14H3. The van der Waals surface area contributed by atoms with Crippen LogP contribution in [0.1, 0.15) is 156 Å². The smallest absolute Gasteiger partial charge is 0.333 e. The normalized spacial score (nSPS) is 19.3. The quantitative estimate of drug-likeness (QED) is 0.163. The summed E-state index contributed by atoms with van der Waals surface area (Å²) in [7, 11) is 0. The Morgan fingerprint density at radius 2 is 1.07 bits per heavy atom. The lowest BCUT2D eigenvalue weighted by atomic mass is 9.42. The van der Waals surface area contributed by atoms with Crippen LogP contribution in [0.3, 0.4) is 0 Å². The summed E-state index contributed by atoms with van der Waals surface area (Å²) in [6, 6.07) is 34.1. The van der Waals surface area contributed by atoms with Crippen LogP contribution in [0.4, 0.5) is 28.4 Å². The molecule has 0 saturated carbocycles. The highest BCUT2D eigenvalue weighted by Gasteiger charge is 2.49. The van der Waals surface area contributed by atoms with Crippen LogP contribution in [0.2, 0.25) is 0 Å². The van der Waals surface area contributed by atoms with Crippen molar-refractivity contribution in [3.8, 4) is 11.1 Å². The van der Waals surface area contributed by atoms with E-state index < -0.39 is 0 Å². The number of anilines is 5. The Morgan fingerprint density at radius 3 is 1.68 bits per heavy atom. The summed E-state index contributed by atoms with van der Waals surface area (Å²) < 4.78 is 6.63. The lowest BCUT2D eigenvalue weighted by Crippen LogP contribution is -2.62. The largest absolute Gasteiger partial charge is 0.464 e. The van der Waals surface area contributed by atoms with Crippen LogP contribution < -0.4 is 20.6 Å². The van der Waals surface area contributed by atoms with Gasteiger partial charge in [0.1, 0.15) is 5.58 Å². The van der Waals surface area contributed by atoms with Gasteiger partial charge in [0.05, 0.1) is 6.26 Å². The molecular weight excluding hydrogens is 727 g/mol. The minimum atomic E-state index is -0.0802. The van der Waals surface area contributed by atoms with Crippen molar-refractivity contribution in [1.82, 2.24) is 0 Å². The maximum Gasteiger partial charge on any atom is 0.333 e. The first-order valence-corrected chi connectivity index (χ1v) is 22.7. The van der Waals surface area contributed by atoms with Crippen molar-refractivity contribution in [3.63, 3.8) is 0 Å². The van der Waals surface area contributed by atoms with Gasteiger partial charge in [-0.1, -0.05) is 127 Å². The van der Waals surface area contributed by atoms with Crippen LogP contribution in [0.15, 0.2) is 95.6 Å². The molecule has 6 aromatic rings. The number of furan rings is 1. The average molecular weight is 793 g/mol. The summed E-state index contributed by atoms with van der Waals surface area (Å²) in [4.78, 5) is 5.34. The molecule has 1 aromatic heterocycles. The van der Waals surface area contributed by atoms with Crippen molar-refractivity contribution in [3.05, 3.63) is 125 Å². The average Bonchev–Trinajstić information content (AvgIpc) is 3.65. The van der Waals surface area contributed by atoms with Crippen LogP contribution in [0.25, 0.3) is 22.1 Å². The zero-order valence-electron chi connectivity index (χ0n) is 38.9. The highest BCUT2D eigenvalue weighted by atomic mass is 16.3. The van der Waals surface area contributed by atoms with Gasteiger partial charge in [0, 0.05) is 45.0 Å². The first kappa shape index (κ1) is 39.4. The fourth-order valence-corrected chi connectivity index (χ4v) is 11.4. The monoisotopic (exact) mass is 793 g/mol. The van der Waals surface area contributed by atoms with Crippen molar-refractivity contribution in [2.75, 3.05) is 9.71 Å². The van der Waals surface area contributed by atoms with E-state index in [0.29, 0.717) is 0 Å². The molecule has 10 rings (SSSR count). The van der Waals surface area contributed by atoms with E-state index in [4.69, 9.17) is 4.42 Å². The van der Waals surface area contributed by atoms with Crippen LogP contribution in [-0.2, 0) is 32.5 Å². The third-order valence-corrected chi connectivity index (χ3v) is 15.6. The Labute approximate surface area is 360 Å². The van der Waals surface area contributed by atoms with Gasteiger partial charge in [-0.25, -0.2) is 0 Å². The van der Waals surface area contributed by atoms with Crippen molar-refractivity contribution in [2.24, 2.45) is 0 Å². The van der Waals surface area contributed by atoms with Gasteiger partial charge in [0.25, 0.3) is 0 Å². The summed E-state index contributed by atoms with van der Waals surface area (Å²) in [6.07, 6.45) is 6.62. The molecule has 0 fully saturated rings. The SMILES string of the molecule is CC(C)(C)c1ccc(N2B3c4cc5c(cc4N(c4ccc6c(c4)C(C)(C)CCC6(C)C)c4cc6ccoc6c(c43)-c3cc(C(C)(C)C)ccc32)C(C)(C)CCC5(C)C)cc1. The molecule has 2 aliphatic heterocycles. The highest BCUT2D eigenvalue weighted by Crippen LogP contribution is 2.54. The minimum absolute atomic E-state index is 0.0258. The van der Waals surface area contributed by atoms with Crippen LogP contribution in [0, 0.1) is 0 Å². The number of fused-ring (bicyclic) bond motifs is 8. The molecule has 308 valence electrons. The molecule has 0 radical (unpaired) electrons. The second-order valence-corrected chi connectivity index (χ2v) is 23.6. The van der Waals surface area contributed by atoms with Crippen molar-refractivity contribution in [1.29, 1.82) is 0 Å². The highest BCUT2D eigenvalue weighted by molar-refractivity contribution is 6.94. The molecule has 5 aromatic carbocycles. The number of benzene rings is 5. The van der Waals surface area contributed by atoms with Gasteiger partial charge in [-0.2, -0.15) is 0 Å². The van der Waals surface area contributed by atoms with Crippen LogP contribution in [-0.4, -0.2) is 6.85 Å². The Kier molecular flexibility index (Phi) is 8.19. The van der Waals surface area contributed by atoms with E-state index >= 15 is 0 Å². The van der Waals surface area contributed by atoms with E-state index in [1.54, 1.807) is 0 Å². The molecule has 0 atom stereocenters. The topological polar surface area (TPSA) is 19.6 Å². The number of nitrogens with zero attached hydrogens (tertiary/aromatic N) is 2. The maximum absolute atomic E-state index is 6.63. The Balaban J connectivity index is 1.35. The molecule has 60 heavy (non-hydrogen) atoms. The third-order valence-electron chi connectivity index (χ3n) is 15.6. The summed E-state index contributed by atoms with van der Waals surface area (Å²) in [6.45, 7) is 33.5. The van der Waals surface area contributed by atoms with Crippen molar-refractivity contribution < 1.29 is 4.42 Å². The van der Waals surface area contributed by atoms with E-state index in [1.165, 1.54) is 110 Å². The van der Waals surface area contributed by atoms with Gasteiger partial charge in [0.2, 0.25) is 0 Å². The van der Waals surface area contributed by atoms with Gasteiger partial charge in [-0.15, -0.1) is 0 Å². The fraction of sp³-hybridized carbons (Fsp3) is 0.429. The Bertz CT molecular complexity index is 2750. The Hall–Kier alpha value is -4.70. The van der Waals surface area contributed by atoms with Gasteiger partial charge in [-0.05, 0) is 157 Å². The molecule has 0 amide bonds. The summed E-state index contributed by atoms with van der Waals surface area (Å²) >= 11 is 0. The lowest BCUT2D eigenvalue weighted by molar-refractivity contribution is 0.332. The van der Waals surface area contributed by atoms with Gasteiger partial charge < -0.3 is 14.1 Å². The van der Waals surface area contributed by atoms with Crippen molar-refractivity contribution in [2.45, 2.75) is 155 Å². The molecule has 2 aliphatic carbocycles. The lowest BCUT2D eigenvalue weighted by Gasteiger charge is -2.49. The summed E-state index contributed by atoms with van der Waals surface area (Å²) in [5.74, 6) is 0. The number of hydrogen-bond donors (Lipinski definition) is 0. The molecule has 0 spiro atoms. The minimum Gasteiger partial charge on any atom is -0.464 e. The van der Waals surface area contributed by atoms with E-state index in [2.05, 4.69) is 192 Å². The molecule has 0 bridgehead atoms. The van der Waals surface area contributed by atoms with Gasteiger partial charge in [-0.3, -0.25) is 0 Å². The molecule has 4 aliphatic rings. The first-order chi connectivity index (χ1) is 28.0. The van der Waals surface area contributed by atoms with E-state index in [9.17, 15) is 0 Å². The van der Waals surface area contributed by atoms with Gasteiger partial charge in [0.15, 0.2) is 0 Å². The number of hydrogen-bond acceptors (Lipinski definition) is 3. The molecular formula is C56H65BN2O. The number of rotatable bonds is 2. The summed E-state index contributed by atoms with van der Waals surface area (Å²) in [5, 5.41) is 1.14. The second-order valence-electron chi connectivity index (χ2n) is 23.6. The maximum atomic E-state index is 6.63.